The SMILES string of the molecule is CC(NC(=O)C(C)(C)C)C(=O)N1CCCNCC1. The quantitative estimate of drug-likeness (QED) is 0.749. The smallest absolute Gasteiger partial charge is 0.244 e. The van der Waals surface area contributed by atoms with Crippen molar-refractivity contribution in [3.05, 3.63) is 0 Å². The molecule has 1 heterocycles. The Labute approximate surface area is 109 Å². The number of hydrogen-bond donors (Lipinski definition) is 2. The Morgan fingerprint density at radius 3 is 2.50 bits per heavy atom. The molecule has 0 spiro atoms. The minimum atomic E-state index is -0.463. The largest absolute Gasteiger partial charge is 0.344 e. The van der Waals surface area contributed by atoms with E-state index >= 15 is 0 Å². The summed E-state index contributed by atoms with van der Waals surface area (Å²) in [5.74, 6) is -0.0763. The third-order valence-electron chi connectivity index (χ3n) is 3.05. The maximum atomic E-state index is 12.2. The minimum absolute atomic E-state index is 0.0105. The first-order valence-corrected chi connectivity index (χ1v) is 6.63. The first-order valence-electron chi connectivity index (χ1n) is 6.63. The van der Waals surface area contributed by atoms with Crippen LogP contribution in [0.5, 0.6) is 0 Å². The molecule has 2 N–H and O–H groups in total. The van der Waals surface area contributed by atoms with Crippen LogP contribution in [0.15, 0.2) is 0 Å². The summed E-state index contributed by atoms with van der Waals surface area (Å²) in [6.07, 6.45) is 0.964. The van der Waals surface area contributed by atoms with Gasteiger partial charge in [0.15, 0.2) is 0 Å². The molecule has 0 saturated carbocycles. The molecule has 2 amide bonds. The molecule has 0 aromatic carbocycles. The molecule has 104 valence electrons. The highest BCUT2D eigenvalue weighted by Gasteiger charge is 2.27. The molecule has 5 heteroatoms. The van der Waals surface area contributed by atoms with Crippen LogP contribution in [-0.4, -0.2) is 48.9 Å². The Morgan fingerprint density at radius 2 is 1.89 bits per heavy atom. The van der Waals surface area contributed by atoms with Gasteiger partial charge in [-0.05, 0) is 19.9 Å². The standard InChI is InChI=1S/C13H25N3O2/c1-10(15-12(18)13(2,3)4)11(17)16-8-5-6-14-7-9-16/h10,14H,5-9H2,1-4H3,(H,15,18). The molecule has 1 rings (SSSR count). The predicted octanol–water partition coefficient (Wildman–Crippen LogP) is 0.359. The molecule has 1 saturated heterocycles. The topological polar surface area (TPSA) is 61.4 Å². The first kappa shape index (κ1) is 15.0. The fourth-order valence-electron chi connectivity index (χ4n) is 1.81. The molecule has 1 aliphatic heterocycles. The second-order valence-electron chi connectivity index (χ2n) is 5.87. The molecule has 0 radical (unpaired) electrons. The van der Waals surface area contributed by atoms with Crippen molar-refractivity contribution in [2.75, 3.05) is 26.2 Å². The van der Waals surface area contributed by atoms with Crippen LogP contribution in [0.1, 0.15) is 34.1 Å². The second-order valence-corrected chi connectivity index (χ2v) is 5.87. The Kier molecular flexibility index (Phi) is 5.14. The van der Waals surface area contributed by atoms with E-state index in [2.05, 4.69) is 10.6 Å². The molecular weight excluding hydrogens is 230 g/mol. The van der Waals surface area contributed by atoms with Gasteiger partial charge >= 0.3 is 0 Å². The summed E-state index contributed by atoms with van der Waals surface area (Å²) in [6.45, 7) is 10.5. The number of hydrogen-bond acceptors (Lipinski definition) is 3. The maximum absolute atomic E-state index is 12.2. The van der Waals surface area contributed by atoms with E-state index in [1.807, 2.05) is 25.7 Å². The van der Waals surface area contributed by atoms with Gasteiger partial charge in [-0.1, -0.05) is 20.8 Å². The van der Waals surface area contributed by atoms with Crippen LogP contribution in [-0.2, 0) is 9.59 Å². The van der Waals surface area contributed by atoms with E-state index in [0.717, 1.165) is 26.1 Å². The van der Waals surface area contributed by atoms with Gasteiger partial charge in [0.05, 0.1) is 0 Å². The lowest BCUT2D eigenvalue weighted by Gasteiger charge is -2.26. The fraction of sp³-hybridized carbons (Fsp3) is 0.846. The molecule has 18 heavy (non-hydrogen) atoms. The summed E-state index contributed by atoms with van der Waals surface area (Å²) < 4.78 is 0. The highest BCUT2D eigenvalue weighted by Crippen LogP contribution is 2.13. The van der Waals surface area contributed by atoms with Crippen LogP contribution in [0, 0.1) is 5.41 Å². The molecule has 1 aliphatic rings. The van der Waals surface area contributed by atoms with Crippen molar-refractivity contribution in [1.29, 1.82) is 0 Å². The minimum Gasteiger partial charge on any atom is -0.344 e. The van der Waals surface area contributed by atoms with Gasteiger partial charge in [-0.3, -0.25) is 9.59 Å². The molecular formula is C13H25N3O2. The first-order chi connectivity index (χ1) is 8.32. The van der Waals surface area contributed by atoms with Crippen molar-refractivity contribution >= 4 is 11.8 Å². The number of nitrogens with one attached hydrogen (secondary N) is 2. The fourth-order valence-corrected chi connectivity index (χ4v) is 1.81. The third kappa shape index (κ3) is 4.29. The predicted molar refractivity (Wildman–Crippen MR) is 71.1 cm³/mol. The Bertz CT molecular complexity index is 302. The van der Waals surface area contributed by atoms with Gasteiger partial charge in [-0.15, -0.1) is 0 Å². The Morgan fingerprint density at radius 1 is 1.22 bits per heavy atom. The number of carbonyl (C=O) groups is 2. The molecule has 1 fully saturated rings. The van der Waals surface area contributed by atoms with Gasteiger partial charge < -0.3 is 15.5 Å². The van der Waals surface area contributed by atoms with E-state index in [9.17, 15) is 9.59 Å². The van der Waals surface area contributed by atoms with Gasteiger partial charge in [-0.2, -0.15) is 0 Å². The number of nitrogens with zero attached hydrogens (tertiary/aromatic N) is 1. The lowest BCUT2D eigenvalue weighted by molar-refractivity contribution is -0.138. The monoisotopic (exact) mass is 255 g/mol. The van der Waals surface area contributed by atoms with E-state index in [1.54, 1.807) is 6.92 Å². The summed E-state index contributed by atoms with van der Waals surface area (Å²) in [5.41, 5.74) is -0.463. The van der Waals surface area contributed by atoms with Crippen LogP contribution in [0.3, 0.4) is 0 Å². The highest BCUT2D eigenvalue weighted by atomic mass is 16.2. The molecule has 0 aromatic heterocycles. The molecule has 0 aromatic rings. The lowest BCUT2D eigenvalue weighted by atomic mass is 9.95. The van der Waals surface area contributed by atoms with Gasteiger partial charge in [0, 0.05) is 25.0 Å². The number of rotatable bonds is 2. The van der Waals surface area contributed by atoms with Gasteiger partial charge in [-0.25, -0.2) is 0 Å². The van der Waals surface area contributed by atoms with Crippen molar-refractivity contribution < 1.29 is 9.59 Å². The van der Waals surface area contributed by atoms with Crippen molar-refractivity contribution in [2.24, 2.45) is 5.41 Å². The van der Waals surface area contributed by atoms with Crippen LogP contribution in [0.25, 0.3) is 0 Å². The van der Waals surface area contributed by atoms with Crippen molar-refractivity contribution in [2.45, 2.75) is 40.2 Å². The molecule has 5 nitrogen and oxygen atoms in total. The molecule has 1 unspecified atom stereocenters. The van der Waals surface area contributed by atoms with E-state index < -0.39 is 11.5 Å². The zero-order chi connectivity index (χ0) is 13.8. The number of amides is 2. The van der Waals surface area contributed by atoms with Gasteiger partial charge in [0.2, 0.25) is 11.8 Å². The van der Waals surface area contributed by atoms with Crippen molar-refractivity contribution in [3.63, 3.8) is 0 Å². The average Bonchev–Trinajstić information content (AvgIpc) is 2.55. The average molecular weight is 255 g/mol. The van der Waals surface area contributed by atoms with E-state index in [0.29, 0.717) is 6.54 Å². The zero-order valence-corrected chi connectivity index (χ0v) is 11.9. The van der Waals surface area contributed by atoms with Crippen LogP contribution in [0.2, 0.25) is 0 Å². The molecule has 0 bridgehead atoms. The normalized spacial score (nSPS) is 19.0. The third-order valence-corrected chi connectivity index (χ3v) is 3.05. The Hall–Kier alpha value is -1.10. The van der Waals surface area contributed by atoms with Gasteiger partial charge in [0.1, 0.15) is 6.04 Å². The lowest BCUT2D eigenvalue weighted by Crippen LogP contribution is -2.50. The summed E-state index contributed by atoms with van der Waals surface area (Å²) in [7, 11) is 0. The van der Waals surface area contributed by atoms with Crippen LogP contribution < -0.4 is 10.6 Å². The van der Waals surface area contributed by atoms with Crippen molar-refractivity contribution in [3.8, 4) is 0 Å². The van der Waals surface area contributed by atoms with Crippen molar-refractivity contribution in [1.82, 2.24) is 15.5 Å². The summed E-state index contributed by atoms with van der Waals surface area (Å²) in [5, 5.41) is 6.04. The van der Waals surface area contributed by atoms with E-state index in [-0.39, 0.29) is 11.8 Å². The zero-order valence-electron chi connectivity index (χ0n) is 11.9. The van der Waals surface area contributed by atoms with E-state index in [1.165, 1.54) is 0 Å². The molecule has 0 aliphatic carbocycles. The summed E-state index contributed by atoms with van der Waals surface area (Å²) in [4.78, 5) is 25.9. The maximum Gasteiger partial charge on any atom is 0.244 e. The highest BCUT2D eigenvalue weighted by molar-refractivity contribution is 5.89. The number of carbonyl (C=O) groups excluding carboxylic acids is 2. The summed E-state index contributed by atoms with van der Waals surface area (Å²) >= 11 is 0. The second kappa shape index (κ2) is 6.18. The van der Waals surface area contributed by atoms with E-state index in [4.69, 9.17) is 0 Å². The Balaban J connectivity index is 2.52. The van der Waals surface area contributed by atoms with Crippen LogP contribution in [0.4, 0.5) is 0 Å². The summed E-state index contributed by atoms with van der Waals surface area (Å²) in [6, 6.07) is -0.449. The van der Waals surface area contributed by atoms with Crippen LogP contribution >= 0.6 is 0 Å². The molecule has 1 atom stereocenters. The van der Waals surface area contributed by atoms with Gasteiger partial charge in [0.25, 0.3) is 0 Å².